The van der Waals surface area contributed by atoms with Crippen molar-refractivity contribution in [1.29, 1.82) is 0 Å². The van der Waals surface area contributed by atoms with E-state index in [0.29, 0.717) is 5.75 Å². The molecule has 0 aliphatic carbocycles. The first kappa shape index (κ1) is 16.6. The minimum absolute atomic E-state index is 0.0461. The smallest absolute Gasteiger partial charge is 0.416 e. The summed E-state index contributed by atoms with van der Waals surface area (Å²) < 4.78 is 48.2. The summed E-state index contributed by atoms with van der Waals surface area (Å²) in [6.45, 7) is -0.0461. The number of hydrazone groups is 1. The highest BCUT2D eigenvalue weighted by Gasteiger charge is 2.30. The zero-order valence-corrected chi connectivity index (χ0v) is 12.4. The molecular formula is C15H10F3N3O4. The summed E-state index contributed by atoms with van der Waals surface area (Å²) in [6, 6.07) is 7.00. The third kappa shape index (κ3) is 3.62. The zero-order valence-electron chi connectivity index (χ0n) is 12.4. The number of halogens is 3. The molecule has 0 spiro atoms. The van der Waals surface area contributed by atoms with E-state index < -0.39 is 16.7 Å². The minimum atomic E-state index is -4.47. The molecule has 0 saturated heterocycles. The maximum atomic E-state index is 12.7. The molecule has 0 saturated carbocycles. The molecule has 10 heteroatoms. The van der Waals surface area contributed by atoms with Gasteiger partial charge < -0.3 is 9.47 Å². The van der Waals surface area contributed by atoms with Crippen molar-refractivity contribution >= 4 is 17.6 Å². The van der Waals surface area contributed by atoms with Gasteiger partial charge in [0.1, 0.15) is 0 Å². The van der Waals surface area contributed by atoms with E-state index in [1.54, 1.807) is 0 Å². The molecule has 1 heterocycles. The first-order chi connectivity index (χ1) is 11.8. The highest BCUT2D eigenvalue weighted by atomic mass is 19.4. The Morgan fingerprint density at radius 2 is 1.92 bits per heavy atom. The standard InChI is InChI=1S/C15H10F3N3O4/c16-15(17,18)10-2-1-3-11(5-10)20-19-7-9-4-13-14(25-8-24-13)6-12(9)21(22)23/h1-7,20H,8H2/b19-7-. The molecule has 0 bridgehead atoms. The second-order valence-corrected chi connectivity index (χ2v) is 4.97. The number of hydrogen-bond acceptors (Lipinski definition) is 6. The monoisotopic (exact) mass is 353 g/mol. The quantitative estimate of drug-likeness (QED) is 0.513. The molecule has 130 valence electrons. The number of nitrogens with zero attached hydrogens (tertiary/aromatic N) is 2. The van der Waals surface area contributed by atoms with Crippen molar-refractivity contribution in [2.24, 2.45) is 5.10 Å². The van der Waals surface area contributed by atoms with Gasteiger partial charge in [0.25, 0.3) is 5.69 Å². The van der Waals surface area contributed by atoms with Gasteiger partial charge in [-0.2, -0.15) is 18.3 Å². The van der Waals surface area contributed by atoms with E-state index in [9.17, 15) is 23.3 Å². The average Bonchev–Trinajstić information content (AvgIpc) is 3.01. The molecule has 0 radical (unpaired) electrons. The number of rotatable bonds is 4. The second-order valence-electron chi connectivity index (χ2n) is 4.97. The van der Waals surface area contributed by atoms with Gasteiger partial charge in [0.2, 0.25) is 6.79 Å². The summed E-state index contributed by atoms with van der Waals surface area (Å²) in [5.41, 5.74) is 1.53. The van der Waals surface area contributed by atoms with Crippen LogP contribution in [0.4, 0.5) is 24.5 Å². The summed E-state index contributed by atoms with van der Waals surface area (Å²) >= 11 is 0. The summed E-state index contributed by atoms with van der Waals surface area (Å²) in [5.74, 6) is 0.570. The lowest BCUT2D eigenvalue weighted by molar-refractivity contribution is -0.385. The van der Waals surface area contributed by atoms with E-state index in [0.717, 1.165) is 18.3 Å². The van der Waals surface area contributed by atoms with Crippen LogP contribution in [0.3, 0.4) is 0 Å². The van der Waals surface area contributed by atoms with Crippen molar-refractivity contribution in [3.63, 3.8) is 0 Å². The molecule has 1 aliphatic rings. The van der Waals surface area contributed by atoms with Crippen molar-refractivity contribution in [2.45, 2.75) is 6.18 Å². The zero-order chi connectivity index (χ0) is 18.0. The first-order valence-corrected chi connectivity index (χ1v) is 6.89. The predicted octanol–water partition coefficient (Wildman–Crippen LogP) is 3.79. The van der Waals surface area contributed by atoms with Crippen molar-refractivity contribution in [3.8, 4) is 11.5 Å². The van der Waals surface area contributed by atoms with Crippen molar-refractivity contribution < 1.29 is 27.6 Å². The number of nitro groups is 1. The molecule has 25 heavy (non-hydrogen) atoms. The van der Waals surface area contributed by atoms with Crippen LogP contribution in [-0.4, -0.2) is 17.9 Å². The number of nitrogens with one attached hydrogen (secondary N) is 1. The fourth-order valence-corrected chi connectivity index (χ4v) is 2.15. The van der Waals surface area contributed by atoms with Crippen molar-refractivity contribution in [1.82, 2.24) is 0 Å². The maximum absolute atomic E-state index is 12.7. The Balaban J connectivity index is 1.82. The molecule has 1 aliphatic heterocycles. The van der Waals surface area contributed by atoms with E-state index in [1.165, 1.54) is 24.3 Å². The molecule has 0 amide bonds. The largest absolute Gasteiger partial charge is 0.454 e. The van der Waals surface area contributed by atoms with Gasteiger partial charge in [-0.15, -0.1) is 0 Å². The Labute approximate surface area is 138 Å². The number of ether oxygens (including phenoxy) is 2. The number of hydrogen-bond donors (Lipinski definition) is 1. The van der Waals surface area contributed by atoms with Gasteiger partial charge in [-0.1, -0.05) is 6.07 Å². The lowest BCUT2D eigenvalue weighted by Crippen LogP contribution is -2.05. The molecule has 0 aromatic heterocycles. The molecule has 0 atom stereocenters. The summed E-state index contributed by atoms with van der Waals surface area (Å²) in [7, 11) is 0. The summed E-state index contributed by atoms with van der Waals surface area (Å²) in [5, 5.41) is 14.9. The fourth-order valence-electron chi connectivity index (χ4n) is 2.15. The van der Waals surface area contributed by atoms with Crippen LogP contribution in [0, 0.1) is 10.1 Å². The van der Waals surface area contributed by atoms with Crippen LogP contribution in [-0.2, 0) is 6.18 Å². The summed E-state index contributed by atoms with van der Waals surface area (Å²) in [4.78, 5) is 10.5. The predicted molar refractivity (Wildman–Crippen MR) is 81.9 cm³/mol. The fraction of sp³-hybridized carbons (Fsp3) is 0.133. The van der Waals surface area contributed by atoms with Crippen LogP contribution >= 0.6 is 0 Å². The number of benzene rings is 2. The Morgan fingerprint density at radius 1 is 1.20 bits per heavy atom. The lowest BCUT2D eigenvalue weighted by atomic mass is 10.1. The van der Waals surface area contributed by atoms with Crippen LogP contribution < -0.4 is 14.9 Å². The third-order valence-electron chi connectivity index (χ3n) is 3.31. The van der Waals surface area contributed by atoms with Gasteiger partial charge in [0.05, 0.1) is 34.0 Å². The van der Waals surface area contributed by atoms with Gasteiger partial charge in [-0.25, -0.2) is 0 Å². The number of nitro benzene ring substituents is 1. The van der Waals surface area contributed by atoms with Crippen molar-refractivity contribution in [3.05, 3.63) is 57.6 Å². The van der Waals surface area contributed by atoms with Gasteiger partial charge in [0.15, 0.2) is 11.5 Å². The van der Waals surface area contributed by atoms with Crippen LogP contribution in [0.25, 0.3) is 0 Å². The van der Waals surface area contributed by atoms with E-state index in [-0.39, 0.29) is 29.5 Å². The number of anilines is 1. The molecule has 0 fully saturated rings. The van der Waals surface area contributed by atoms with E-state index in [1.807, 2.05) is 0 Å². The minimum Gasteiger partial charge on any atom is -0.454 e. The molecule has 2 aromatic carbocycles. The average molecular weight is 353 g/mol. The van der Waals surface area contributed by atoms with Gasteiger partial charge in [-0.3, -0.25) is 15.5 Å². The third-order valence-corrected chi connectivity index (χ3v) is 3.31. The van der Waals surface area contributed by atoms with Crippen molar-refractivity contribution in [2.75, 3.05) is 12.2 Å². The Bertz CT molecular complexity index is 852. The highest BCUT2D eigenvalue weighted by Crippen LogP contribution is 2.37. The van der Waals surface area contributed by atoms with Crippen LogP contribution in [0.15, 0.2) is 41.5 Å². The van der Waals surface area contributed by atoms with E-state index in [2.05, 4.69) is 10.5 Å². The molecule has 0 unspecified atom stereocenters. The first-order valence-electron chi connectivity index (χ1n) is 6.89. The van der Waals surface area contributed by atoms with E-state index >= 15 is 0 Å². The highest BCUT2D eigenvalue weighted by molar-refractivity contribution is 5.87. The van der Waals surface area contributed by atoms with Crippen LogP contribution in [0.2, 0.25) is 0 Å². The Kier molecular flexibility index (Phi) is 4.17. The molecular weight excluding hydrogens is 343 g/mol. The number of alkyl halides is 3. The Hall–Kier alpha value is -3.30. The van der Waals surface area contributed by atoms with Crippen LogP contribution in [0.1, 0.15) is 11.1 Å². The van der Waals surface area contributed by atoms with Crippen LogP contribution in [0.5, 0.6) is 11.5 Å². The normalized spacial score (nSPS) is 13.2. The van der Waals surface area contributed by atoms with Gasteiger partial charge >= 0.3 is 6.18 Å². The number of fused-ring (bicyclic) bond motifs is 1. The second kappa shape index (κ2) is 6.30. The Morgan fingerprint density at radius 3 is 2.60 bits per heavy atom. The maximum Gasteiger partial charge on any atom is 0.416 e. The SMILES string of the molecule is O=[N+]([O-])c1cc2c(cc1/C=N\Nc1cccc(C(F)(F)F)c1)OCO2. The molecule has 3 rings (SSSR count). The van der Waals surface area contributed by atoms with Gasteiger partial charge in [0, 0.05) is 0 Å². The van der Waals surface area contributed by atoms with E-state index in [4.69, 9.17) is 9.47 Å². The molecule has 2 aromatic rings. The lowest BCUT2D eigenvalue weighted by Gasteiger charge is -2.08. The molecule has 1 N–H and O–H groups in total. The summed E-state index contributed by atoms with van der Waals surface area (Å²) in [6.07, 6.45) is -3.35. The molecule has 7 nitrogen and oxygen atoms in total. The van der Waals surface area contributed by atoms with Gasteiger partial charge in [-0.05, 0) is 24.3 Å². The topological polar surface area (TPSA) is 86.0 Å².